The van der Waals surface area contributed by atoms with E-state index in [0.717, 1.165) is 5.56 Å². The van der Waals surface area contributed by atoms with E-state index < -0.39 is 10.0 Å². The summed E-state index contributed by atoms with van der Waals surface area (Å²) >= 11 is 6.14. The van der Waals surface area contributed by atoms with Crippen molar-refractivity contribution in [3.8, 4) is 11.1 Å². The summed E-state index contributed by atoms with van der Waals surface area (Å²) in [6.45, 7) is 0.561. The van der Waals surface area contributed by atoms with Gasteiger partial charge in [-0.3, -0.25) is 9.48 Å². The van der Waals surface area contributed by atoms with Crippen LogP contribution >= 0.6 is 11.6 Å². The van der Waals surface area contributed by atoms with Crippen LogP contribution in [0.1, 0.15) is 11.1 Å². The van der Waals surface area contributed by atoms with Gasteiger partial charge in [-0.05, 0) is 36.4 Å². The molecule has 0 saturated heterocycles. The average molecular weight is 495 g/mol. The SMILES string of the molecule is CNS(=O)(=O)c1cc(NC(=O)Cc2ccccc2Cl)ccc1-c1cnn(Cc2ccccc2)c1. The van der Waals surface area contributed by atoms with Crippen molar-refractivity contribution in [3.63, 3.8) is 0 Å². The maximum Gasteiger partial charge on any atom is 0.241 e. The molecule has 0 unspecified atom stereocenters. The van der Waals surface area contributed by atoms with E-state index in [0.29, 0.717) is 33.9 Å². The van der Waals surface area contributed by atoms with Gasteiger partial charge in [-0.25, -0.2) is 13.1 Å². The highest BCUT2D eigenvalue weighted by Gasteiger charge is 2.20. The predicted octanol–water partition coefficient (Wildman–Crippen LogP) is 4.34. The van der Waals surface area contributed by atoms with Crippen LogP contribution in [0.4, 0.5) is 5.69 Å². The Labute approximate surface area is 203 Å². The number of hydrogen-bond donors (Lipinski definition) is 2. The van der Waals surface area contributed by atoms with E-state index in [2.05, 4.69) is 15.1 Å². The Kier molecular flexibility index (Phi) is 7.12. The topological polar surface area (TPSA) is 93.1 Å². The molecule has 1 heterocycles. The summed E-state index contributed by atoms with van der Waals surface area (Å²) in [6, 6.07) is 21.7. The van der Waals surface area contributed by atoms with Crippen molar-refractivity contribution in [2.45, 2.75) is 17.9 Å². The fourth-order valence-electron chi connectivity index (χ4n) is 3.55. The highest BCUT2D eigenvalue weighted by Crippen LogP contribution is 2.30. The molecule has 4 rings (SSSR count). The third-order valence-electron chi connectivity index (χ3n) is 5.26. The molecular formula is C25H23ClN4O3S. The summed E-state index contributed by atoms with van der Waals surface area (Å²) in [7, 11) is -2.46. The summed E-state index contributed by atoms with van der Waals surface area (Å²) in [4.78, 5) is 12.6. The lowest BCUT2D eigenvalue weighted by Crippen LogP contribution is -2.20. The first-order chi connectivity index (χ1) is 16.4. The molecule has 2 N–H and O–H groups in total. The summed E-state index contributed by atoms with van der Waals surface area (Å²) < 4.78 is 29.7. The Morgan fingerprint density at radius 2 is 1.76 bits per heavy atom. The first kappa shape index (κ1) is 23.7. The van der Waals surface area contributed by atoms with Gasteiger partial charge in [-0.1, -0.05) is 66.2 Å². The third-order valence-corrected chi connectivity index (χ3v) is 7.09. The predicted molar refractivity (Wildman–Crippen MR) is 133 cm³/mol. The number of rotatable bonds is 8. The number of hydrogen-bond acceptors (Lipinski definition) is 4. The van der Waals surface area contributed by atoms with Gasteiger partial charge < -0.3 is 5.32 Å². The minimum Gasteiger partial charge on any atom is -0.326 e. The molecule has 0 aliphatic heterocycles. The summed E-state index contributed by atoms with van der Waals surface area (Å²) in [5.74, 6) is -0.302. The second kappa shape index (κ2) is 10.2. The smallest absolute Gasteiger partial charge is 0.241 e. The molecule has 0 fully saturated rings. The van der Waals surface area contributed by atoms with E-state index >= 15 is 0 Å². The molecule has 0 aliphatic carbocycles. The van der Waals surface area contributed by atoms with Crippen LogP contribution in [-0.2, 0) is 27.8 Å². The Hall–Kier alpha value is -3.46. The van der Waals surface area contributed by atoms with Gasteiger partial charge in [0.05, 0.1) is 24.1 Å². The standard InChI is InChI=1S/C25H23ClN4O3S/c1-27-34(32,33)24-14-21(29-25(31)13-19-9-5-6-10-23(19)26)11-12-22(24)20-15-28-30(17-20)16-18-7-3-2-4-8-18/h2-12,14-15,17,27H,13,16H2,1H3,(H,29,31). The number of anilines is 1. The number of nitrogens with one attached hydrogen (secondary N) is 2. The highest BCUT2D eigenvalue weighted by atomic mass is 35.5. The van der Waals surface area contributed by atoms with E-state index in [4.69, 9.17) is 11.6 Å². The Balaban J connectivity index is 1.60. The second-order valence-corrected chi connectivity index (χ2v) is 9.91. The molecule has 34 heavy (non-hydrogen) atoms. The largest absolute Gasteiger partial charge is 0.326 e. The number of carbonyl (C=O) groups is 1. The van der Waals surface area contributed by atoms with Crippen LogP contribution < -0.4 is 10.0 Å². The lowest BCUT2D eigenvalue weighted by Gasteiger charge is -2.12. The van der Waals surface area contributed by atoms with Crippen LogP contribution in [0.15, 0.2) is 90.1 Å². The molecule has 0 radical (unpaired) electrons. The number of nitrogens with zero attached hydrogens (tertiary/aromatic N) is 2. The quantitative estimate of drug-likeness (QED) is 0.381. The van der Waals surface area contributed by atoms with E-state index in [1.165, 1.54) is 13.1 Å². The Bertz CT molecular complexity index is 1420. The summed E-state index contributed by atoms with van der Waals surface area (Å²) in [5, 5.41) is 7.64. The zero-order chi connectivity index (χ0) is 24.1. The van der Waals surface area contributed by atoms with Gasteiger partial charge in [0.25, 0.3) is 0 Å². The van der Waals surface area contributed by atoms with Crippen molar-refractivity contribution < 1.29 is 13.2 Å². The molecule has 4 aromatic rings. The number of carbonyl (C=O) groups excluding carboxylic acids is 1. The van der Waals surface area contributed by atoms with Crippen molar-refractivity contribution in [1.82, 2.24) is 14.5 Å². The maximum atomic E-state index is 12.8. The fourth-order valence-corrected chi connectivity index (χ4v) is 4.73. The molecule has 0 atom stereocenters. The molecule has 7 nitrogen and oxygen atoms in total. The number of sulfonamides is 1. The zero-order valence-electron chi connectivity index (χ0n) is 18.4. The maximum absolute atomic E-state index is 12.8. The monoisotopic (exact) mass is 494 g/mol. The normalized spacial score (nSPS) is 11.4. The Morgan fingerprint density at radius 3 is 2.50 bits per heavy atom. The molecule has 9 heteroatoms. The lowest BCUT2D eigenvalue weighted by molar-refractivity contribution is -0.115. The van der Waals surface area contributed by atoms with Crippen LogP contribution in [0.3, 0.4) is 0 Å². The molecular weight excluding hydrogens is 472 g/mol. The van der Waals surface area contributed by atoms with E-state index in [1.54, 1.807) is 53.5 Å². The number of aromatic nitrogens is 2. The average Bonchev–Trinajstić information content (AvgIpc) is 3.29. The minimum atomic E-state index is -3.81. The van der Waals surface area contributed by atoms with Crippen LogP contribution in [-0.4, -0.2) is 31.2 Å². The summed E-state index contributed by atoms with van der Waals surface area (Å²) in [5.41, 5.74) is 3.27. The van der Waals surface area contributed by atoms with Gasteiger partial charge in [-0.15, -0.1) is 0 Å². The molecule has 0 spiro atoms. The van der Waals surface area contributed by atoms with Crippen LogP contribution in [0.2, 0.25) is 5.02 Å². The van der Waals surface area contributed by atoms with Crippen LogP contribution in [0.5, 0.6) is 0 Å². The number of halogens is 1. The second-order valence-electron chi connectivity index (χ2n) is 7.65. The molecule has 0 aliphatic rings. The first-order valence-electron chi connectivity index (χ1n) is 10.5. The van der Waals surface area contributed by atoms with Crippen LogP contribution in [0, 0.1) is 0 Å². The molecule has 174 valence electrons. The van der Waals surface area contributed by atoms with Gasteiger partial charge in [0, 0.05) is 28.0 Å². The Morgan fingerprint density at radius 1 is 1.03 bits per heavy atom. The van der Waals surface area contributed by atoms with Gasteiger partial charge in [-0.2, -0.15) is 5.10 Å². The van der Waals surface area contributed by atoms with Gasteiger partial charge in [0.2, 0.25) is 15.9 Å². The van der Waals surface area contributed by atoms with E-state index in [1.807, 2.05) is 30.3 Å². The van der Waals surface area contributed by atoms with Gasteiger partial charge in [0.1, 0.15) is 0 Å². The molecule has 0 bridgehead atoms. The van der Waals surface area contributed by atoms with Crippen LogP contribution in [0.25, 0.3) is 11.1 Å². The van der Waals surface area contributed by atoms with Gasteiger partial charge >= 0.3 is 0 Å². The highest BCUT2D eigenvalue weighted by molar-refractivity contribution is 7.89. The molecule has 1 aromatic heterocycles. The van der Waals surface area contributed by atoms with Crippen molar-refractivity contribution in [2.75, 3.05) is 12.4 Å². The van der Waals surface area contributed by atoms with Crippen molar-refractivity contribution >= 4 is 33.2 Å². The van der Waals surface area contributed by atoms with E-state index in [9.17, 15) is 13.2 Å². The number of amides is 1. The minimum absolute atomic E-state index is 0.0461. The third kappa shape index (κ3) is 5.53. The van der Waals surface area contributed by atoms with Crippen molar-refractivity contribution in [3.05, 3.63) is 101 Å². The molecule has 3 aromatic carbocycles. The summed E-state index contributed by atoms with van der Waals surface area (Å²) in [6.07, 6.45) is 3.50. The van der Waals surface area contributed by atoms with E-state index in [-0.39, 0.29) is 17.2 Å². The van der Waals surface area contributed by atoms with Gasteiger partial charge in [0.15, 0.2) is 0 Å². The molecule has 1 amide bonds. The lowest BCUT2D eigenvalue weighted by atomic mass is 10.1. The van der Waals surface area contributed by atoms with Crippen molar-refractivity contribution in [1.29, 1.82) is 0 Å². The number of benzene rings is 3. The first-order valence-corrected chi connectivity index (χ1v) is 12.4. The molecule has 0 saturated carbocycles. The zero-order valence-corrected chi connectivity index (χ0v) is 20.0. The fraction of sp³-hybridized carbons (Fsp3) is 0.120. The van der Waals surface area contributed by atoms with Crippen molar-refractivity contribution in [2.24, 2.45) is 0 Å².